The monoisotopic (exact) mass is 329 g/mol. The summed E-state index contributed by atoms with van der Waals surface area (Å²) in [6.07, 6.45) is -4.56. The molecule has 0 amide bonds. The Morgan fingerprint density at radius 1 is 1.09 bits per heavy atom. The molecule has 0 atom stereocenters. The minimum atomic E-state index is -4.56. The van der Waals surface area contributed by atoms with Crippen LogP contribution in [-0.4, -0.2) is 16.0 Å². The second kappa shape index (κ2) is 5.67. The Kier molecular flexibility index (Phi) is 4.04. The van der Waals surface area contributed by atoms with Crippen molar-refractivity contribution in [2.24, 2.45) is 0 Å². The molecule has 0 saturated carbocycles. The SMILES string of the molecule is O=C(O)c1cc(-c2ccc(C(F)(F)F)cc2)cc([N+](=O)[O-])c1F. The molecule has 2 aromatic rings. The quantitative estimate of drug-likeness (QED) is 0.522. The summed E-state index contributed by atoms with van der Waals surface area (Å²) in [5, 5.41) is 19.7. The third-order valence-electron chi connectivity index (χ3n) is 3.03. The Labute approximate surface area is 125 Å². The third kappa shape index (κ3) is 3.28. The van der Waals surface area contributed by atoms with E-state index in [1.807, 2.05) is 0 Å². The molecule has 23 heavy (non-hydrogen) atoms. The van der Waals surface area contributed by atoms with Crippen LogP contribution >= 0.6 is 0 Å². The number of carboxylic acids is 1. The number of nitro groups is 1. The highest BCUT2D eigenvalue weighted by molar-refractivity contribution is 5.91. The zero-order valence-electron chi connectivity index (χ0n) is 11.1. The number of carboxylic acid groups (broad SMARTS) is 1. The van der Waals surface area contributed by atoms with Crippen LogP contribution in [0.2, 0.25) is 0 Å². The molecule has 120 valence electrons. The van der Waals surface area contributed by atoms with Crippen LogP contribution in [0.4, 0.5) is 23.2 Å². The molecule has 0 bridgehead atoms. The smallest absolute Gasteiger partial charge is 0.416 e. The number of carbonyl (C=O) groups is 1. The summed E-state index contributed by atoms with van der Waals surface area (Å²) in [6.45, 7) is 0. The van der Waals surface area contributed by atoms with Crippen LogP contribution in [0.1, 0.15) is 15.9 Å². The molecule has 0 saturated heterocycles. The Hall–Kier alpha value is -2.97. The highest BCUT2D eigenvalue weighted by Gasteiger charge is 2.30. The van der Waals surface area contributed by atoms with Gasteiger partial charge in [-0.2, -0.15) is 17.6 Å². The van der Waals surface area contributed by atoms with E-state index in [4.69, 9.17) is 5.11 Å². The molecule has 0 fully saturated rings. The Bertz CT molecular complexity index is 749. The maximum Gasteiger partial charge on any atom is 0.416 e. The number of hydrogen-bond donors (Lipinski definition) is 1. The summed E-state index contributed by atoms with van der Waals surface area (Å²) in [5.41, 5.74) is -2.93. The van der Waals surface area contributed by atoms with Gasteiger partial charge in [-0.1, -0.05) is 12.1 Å². The lowest BCUT2D eigenvalue weighted by atomic mass is 10.00. The van der Waals surface area contributed by atoms with Gasteiger partial charge in [-0.15, -0.1) is 0 Å². The van der Waals surface area contributed by atoms with E-state index in [0.717, 1.165) is 36.4 Å². The number of rotatable bonds is 3. The predicted molar refractivity (Wildman–Crippen MR) is 70.5 cm³/mol. The van der Waals surface area contributed by atoms with E-state index in [1.165, 1.54) is 0 Å². The van der Waals surface area contributed by atoms with E-state index in [2.05, 4.69) is 0 Å². The molecule has 0 aliphatic heterocycles. The molecule has 0 aromatic heterocycles. The van der Waals surface area contributed by atoms with Crippen LogP contribution in [0.25, 0.3) is 11.1 Å². The molecule has 0 heterocycles. The Morgan fingerprint density at radius 3 is 2.09 bits per heavy atom. The van der Waals surface area contributed by atoms with Gasteiger partial charge >= 0.3 is 17.8 Å². The first-order chi connectivity index (χ1) is 10.6. The van der Waals surface area contributed by atoms with E-state index in [0.29, 0.717) is 0 Å². The largest absolute Gasteiger partial charge is 0.478 e. The lowest BCUT2D eigenvalue weighted by Crippen LogP contribution is -2.05. The summed E-state index contributed by atoms with van der Waals surface area (Å²) < 4.78 is 51.2. The fourth-order valence-corrected chi connectivity index (χ4v) is 1.92. The third-order valence-corrected chi connectivity index (χ3v) is 3.03. The minimum absolute atomic E-state index is 0.0794. The minimum Gasteiger partial charge on any atom is -0.478 e. The van der Waals surface area contributed by atoms with Crippen molar-refractivity contribution >= 4 is 11.7 Å². The van der Waals surface area contributed by atoms with Gasteiger partial charge in [0.1, 0.15) is 5.56 Å². The van der Waals surface area contributed by atoms with Crippen molar-refractivity contribution in [1.29, 1.82) is 0 Å². The van der Waals surface area contributed by atoms with Gasteiger partial charge in [0, 0.05) is 6.07 Å². The average molecular weight is 329 g/mol. The van der Waals surface area contributed by atoms with E-state index < -0.39 is 39.7 Å². The van der Waals surface area contributed by atoms with Crippen molar-refractivity contribution in [1.82, 2.24) is 0 Å². The number of alkyl halides is 3. The van der Waals surface area contributed by atoms with Gasteiger partial charge in [-0.3, -0.25) is 10.1 Å². The van der Waals surface area contributed by atoms with Crippen LogP contribution in [0.15, 0.2) is 36.4 Å². The molecular weight excluding hydrogens is 322 g/mol. The maximum absolute atomic E-state index is 13.7. The van der Waals surface area contributed by atoms with Crippen LogP contribution in [0.5, 0.6) is 0 Å². The molecular formula is C14H7F4NO4. The Balaban J connectivity index is 2.59. The molecule has 0 aliphatic rings. The lowest BCUT2D eigenvalue weighted by molar-refractivity contribution is -0.387. The van der Waals surface area contributed by atoms with E-state index in [9.17, 15) is 32.5 Å². The van der Waals surface area contributed by atoms with Crippen molar-refractivity contribution in [2.45, 2.75) is 6.18 Å². The first kappa shape index (κ1) is 16.4. The van der Waals surface area contributed by atoms with E-state index in [-0.39, 0.29) is 11.1 Å². The number of aromatic carboxylic acids is 1. The molecule has 9 heteroatoms. The maximum atomic E-state index is 13.7. The second-order valence-electron chi connectivity index (χ2n) is 4.49. The van der Waals surface area contributed by atoms with Gasteiger partial charge in [0.2, 0.25) is 5.82 Å². The van der Waals surface area contributed by atoms with E-state index in [1.54, 1.807) is 0 Å². The molecule has 2 aromatic carbocycles. The van der Waals surface area contributed by atoms with Crippen molar-refractivity contribution in [3.8, 4) is 11.1 Å². The highest BCUT2D eigenvalue weighted by Crippen LogP contribution is 2.33. The van der Waals surface area contributed by atoms with Crippen molar-refractivity contribution in [2.75, 3.05) is 0 Å². The standard InChI is InChI=1S/C14H7F4NO4/c15-12-10(13(20)21)5-8(6-11(12)19(22)23)7-1-3-9(4-2-7)14(16,17)18/h1-6H,(H,20,21). The van der Waals surface area contributed by atoms with E-state index >= 15 is 0 Å². The number of hydrogen-bond acceptors (Lipinski definition) is 3. The molecule has 0 spiro atoms. The van der Waals surface area contributed by atoms with Gasteiger partial charge < -0.3 is 5.11 Å². The van der Waals surface area contributed by atoms with Gasteiger partial charge in [0.15, 0.2) is 0 Å². The van der Waals surface area contributed by atoms with Crippen LogP contribution < -0.4 is 0 Å². The fraction of sp³-hybridized carbons (Fsp3) is 0.0714. The Morgan fingerprint density at radius 2 is 1.65 bits per heavy atom. The average Bonchev–Trinajstić information content (AvgIpc) is 2.46. The number of halogens is 4. The van der Waals surface area contributed by atoms with Gasteiger partial charge in [-0.25, -0.2) is 4.79 Å². The normalized spacial score (nSPS) is 11.3. The molecule has 5 nitrogen and oxygen atoms in total. The second-order valence-corrected chi connectivity index (χ2v) is 4.49. The highest BCUT2D eigenvalue weighted by atomic mass is 19.4. The molecule has 0 unspecified atom stereocenters. The summed E-state index contributed by atoms with van der Waals surface area (Å²) in [6, 6.07) is 5.12. The van der Waals surface area contributed by atoms with Crippen LogP contribution in [-0.2, 0) is 6.18 Å². The van der Waals surface area contributed by atoms with Gasteiger partial charge in [-0.05, 0) is 29.3 Å². The molecule has 0 radical (unpaired) electrons. The van der Waals surface area contributed by atoms with Crippen molar-refractivity contribution in [3.63, 3.8) is 0 Å². The number of benzene rings is 2. The zero-order valence-corrected chi connectivity index (χ0v) is 11.1. The molecule has 1 N–H and O–H groups in total. The summed E-state index contributed by atoms with van der Waals surface area (Å²) >= 11 is 0. The van der Waals surface area contributed by atoms with Crippen LogP contribution in [0.3, 0.4) is 0 Å². The topological polar surface area (TPSA) is 80.4 Å². The number of nitrogens with zero attached hydrogens (tertiary/aromatic N) is 1. The fourth-order valence-electron chi connectivity index (χ4n) is 1.92. The first-order valence-electron chi connectivity index (χ1n) is 6.00. The lowest BCUT2D eigenvalue weighted by Gasteiger charge is -2.09. The van der Waals surface area contributed by atoms with Crippen molar-refractivity contribution < 1.29 is 32.4 Å². The summed E-state index contributed by atoms with van der Waals surface area (Å²) in [4.78, 5) is 20.6. The summed E-state index contributed by atoms with van der Waals surface area (Å²) in [5.74, 6) is -3.24. The number of nitro benzene ring substituents is 1. The molecule has 2 rings (SSSR count). The first-order valence-corrected chi connectivity index (χ1v) is 6.00. The van der Waals surface area contributed by atoms with Gasteiger partial charge in [0.05, 0.1) is 10.5 Å². The molecule has 0 aliphatic carbocycles. The predicted octanol–water partition coefficient (Wildman–Crippen LogP) is 4.12. The van der Waals surface area contributed by atoms with Crippen LogP contribution in [0, 0.1) is 15.9 Å². The van der Waals surface area contributed by atoms with Crippen molar-refractivity contribution in [3.05, 3.63) is 63.5 Å². The zero-order chi connectivity index (χ0) is 17.4. The summed E-state index contributed by atoms with van der Waals surface area (Å²) in [7, 11) is 0. The van der Waals surface area contributed by atoms with Gasteiger partial charge in [0.25, 0.3) is 0 Å².